The van der Waals surface area contributed by atoms with Gasteiger partial charge in [-0.3, -0.25) is 4.79 Å². The van der Waals surface area contributed by atoms with Crippen molar-refractivity contribution in [2.45, 2.75) is 6.92 Å². The van der Waals surface area contributed by atoms with Crippen LogP contribution in [0.3, 0.4) is 0 Å². The summed E-state index contributed by atoms with van der Waals surface area (Å²) in [5.74, 6) is 5.35. The number of rotatable bonds is 2. The molecule has 1 aromatic rings. The van der Waals surface area contributed by atoms with Crippen LogP contribution in [0.4, 0.5) is 0 Å². The van der Waals surface area contributed by atoms with Crippen molar-refractivity contribution in [3.05, 3.63) is 23.8 Å². The lowest BCUT2D eigenvalue weighted by Gasteiger charge is -2.05. The number of carbonyl (C=O) groups is 1. The van der Waals surface area contributed by atoms with Gasteiger partial charge in [-0.1, -0.05) is 5.92 Å². The van der Waals surface area contributed by atoms with Gasteiger partial charge >= 0.3 is 0 Å². The Balaban J connectivity index is 2.99. The van der Waals surface area contributed by atoms with Crippen LogP contribution in [0.5, 0.6) is 11.5 Å². The van der Waals surface area contributed by atoms with E-state index in [0.717, 1.165) is 0 Å². The number of carbonyl (C=O) groups excluding carboxylic acids is 1. The zero-order chi connectivity index (χ0) is 10.4. The lowest BCUT2D eigenvalue weighted by Crippen LogP contribution is -1.92. The summed E-state index contributed by atoms with van der Waals surface area (Å²) in [4.78, 5) is 10.0. The van der Waals surface area contributed by atoms with Crippen molar-refractivity contribution in [2.75, 3.05) is 6.61 Å². The molecule has 1 aromatic carbocycles. The highest BCUT2D eigenvalue weighted by atomic mass is 16.5. The molecule has 3 heteroatoms. The normalized spacial score (nSPS) is 8.64. The Morgan fingerprint density at radius 1 is 1.57 bits per heavy atom. The third-order valence-corrected chi connectivity index (χ3v) is 1.54. The van der Waals surface area contributed by atoms with Crippen molar-refractivity contribution in [3.63, 3.8) is 0 Å². The average molecular weight is 190 g/mol. The predicted molar refractivity (Wildman–Crippen MR) is 52.2 cm³/mol. The molecule has 72 valence electrons. The summed E-state index contributed by atoms with van der Waals surface area (Å²) in [5.41, 5.74) is 0.637. The highest BCUT2D eigenvalue weighted by Crippen LogP contribution is 2.26. The Morgan fingerprint density at radius 2 is 2.36 bits per heavy atom. The van der Waals surface area contributed by atoms with Crippen molar-refractivity contribution in [2.24, 2.45) is 0 Å². The Morgan fingerprint density at radius 3 is 3.00 bits per heavy atom. The zero-order valence-electron chi connectivity index (χ0n) is 7.78. The van der Waals surface area contributed by atoms with Gasteiger partial charge < -0.3 is 9.84 Å². The van der Waals surface area contributed by atoms with Gasteiger partial charge in [0.1, 0.15) is 0 Å². The lowest BCUT2D eigenvalue weighted by molar-refractivity contribution is -0.103. The first kappa shape index (κ1) is 10.1. The van der Waals surface area contributed by atoms with E-state index in [1.807, 2.05) is 6.92 Å². The first-order valence-electron chi connectivity index (χ1n) is 4.19. The Bertz CT molecular complexity index is 385. The first-order valence-corrected chi connectivity index (χ1v) is 4.19. The number of benzene rings is 1. The van der Waals surface area contributed by atoms with Gasteiger partial charge in [-0.15, -0.1) is 0 Å². The van der Waals surface area contributed by atoms with E-state index in [0.29, 0.717) is 24.2 Å². The fraction of sp³-hybridized carbons (Fsp3) is 0.182. The van der Waals surface area contributed by atoms with Crippen LogP contribution in [0, 0.1) is 11.8 Å². The summed E-state index contributed by atoms with van der Waals surface area (Å²) in [7, 11) is 0. The molecular weight excluding hydrogens is 180 g/mol. The van der Waals surface area contributed by atoms with Gasteiger partial charge in [-0.25, -0.2) is 0 Å². The van der Waals surface area contributed by atoms with E-state index in [9.17, 15) is 9.90 Å². The molecule has 14 heavy (non-hydrogen) atoms. The summed E-state index contributed by atoms with van der Waals surface area (Å²) in [6, 6.07) is 4.70. The van der Waals surface area contributed by atoms with E-state index >= 15 is 0 Å². The fourth-order valence-electron chi connectivity index (χ4n) is 0.976. The molecule has 0 aromatic heterocycles. The topological polar surface area (TPSA) is 46.5 Å². The van der Waals surface area contributed by atoms with Crippen molar-refractivity contribution < 1.29 is 14.6 Å². The first-order chi connectivity index (χ1) is 6.77. The van der Waals surface area contributed by atoms with Crippen LogP contribution >= 0.6 is 0 Å². The molecule has 0 amide bonds. The minimum absolute atomic E-state index is 0.0727. The number of ether oxygens (including phenoxy) is 1. The fourth-order valence-corrected chi connectivity index (χ4v) is 0.976. The van der Waals surface area contributed by atoms with Gasteiger partial charge in [0, 0.05) is 5.56 Å². The minimum Gasteiger partial charge on any atom is -0.504 e. The van der Waals surface area contributed by atoms with Gasteiger partial charge in [0.15, 0.2) is 17.8 Å². The molecule has 0 aliphatic heterocycles. The number of phenolic OH excluding ortho intramolecular Hbond substituents is 1. The van der Waals surface area contributed by atoms with E-state index in [1.54, 1.807) is 12.1 Å². The van der Waals surface area contributed by atoms with E-state index in [-0.39, 0.29) is 5.75 Å². The molecule has 0 spiro atoms. The SMILES string of the molecule is CCOc1cc(C#CC=O)ccc1O. The van der Waals surface area contributed by atoms with Crippen molar-refractivity contribution in [1.82, 2.24) is 0 Å². The van der Waals surface area contributed by atoms with E-state index in [2.05, 4.69) is 11.8 Å². The molecule has 0 heterocycles. The second-order valence-corrected chi connectivity index (χ2v) is 2.50. The van der Waals surface area contributed by atoms with E-state index in [1.165, 1.54) is 6.07 Å². The Labute approximate surface area is 82.3 Å². The van der Waals surface area contributed by atoms with Crippen molar-refractivity contribution in [3.8, 4) is 23.3 Å². The van der Waals surface area contributed by atoms with Gasteiger partial charge in [0.2, 0.25) is 0 Å². The number of phenols is 1. The standard InChI is InChI=1S/C11H10O3/c1-2-14-11-8-9(4-3-7-12)5-6-10(11)13/h5-8,13H,2H2,1H3. The maximum Gasteiger partial charge on any atom is 0.193 e. The van der Waals surface area contributed by atoms with E-state index in [4.69, 9.17) is 4.74 Å². The molecular formula is C11H10O3. The highest BCUT2D eigenvalue weighted by Gasteiger charge is 2.01. The molecule has 0 aliphatic rings. The smallest absolute Gasteiger partial charge is 0.193 e. The molecule has 0 atom stereocenters. The number of hydrogen-bond acceptors (Lipinski definition) is 3. The molecule has 0 radical (unpaired) electrons. The molecule has 0 saturated heterocycles. The number of aromatic hydroxyl groups is 1. The maximum atomic E-state index is 10.0. The maximum absolute atomic E-state index is 10.0. The van der Waals surface area contributed by atoms with Gasteiger partial charge in [0.25, 0.3) is 0 Å². The molecule has 0 aliphatic carbocycles. The van der Waals surface area contributed by atoms with Crippen LogP contribution < -0.4 is 4.74 Å². The summed E-state index contributed by atoms with van der Waals surface area (Å²) < 4.78 is 5.15. The molecule has 0 unspecified atom stereocenters. The largest absolute Gasteiger partial charge is 0.504 e. The Hall–Kier alpha value is -1.95. The summed E-state index contributed by atoms with van der Waals surface area (Å²) >= 11 is 0. The molecule has 1 N–H and O–H groups in total. The summed E-state index contributed by atoms with van der Waals surface area (Å²) in [6.45, 7) is 2.29. The quantitative estimate of drug-likeness (QED) is 0.565. The van der Waals surface area contributed by atoms with Crippen LogP contribution in [0.1, 0.15) is 12.5 Å². The van der Waals surface area contributed by atoms with Crippen LogP contribution in [-0.4, -0.2) is 18.0 Å². The second kappa shape index (κ2) is 4.93. The predicted octanol–water partition coefficient (Wildman–Crippen LogP) is 1.34. The number of aldehydes is 1. The average Bonchev–Trinajstić information content (AvgIpc) is 2.19. The molecule has 1 rings (SSSR count). The molecule has 3 nitrogen and oxygen atoms in total. The van der Waals surface area contributed by atoms with Crippen LogP contribution in [0.15, 0.2) is 18.2 Å². The van der Waals surface area contributed by atoms with Crippen molar-refractivity contribution >= 4 is 6.29 Å². The highest BCUT2D eigenvalue weighted by molar-refractivity contribution is 5.74. The summed E-state index contributed by atoms with van der Waals surface area (Å²) in [5, 5.41) is 9.35. The number of hydrogen-bond donors (Lipinski definition) is 1. The monoisotopic (exact) mass is 190 g/mol. The van der Waals surface area contributed by atoms with Crippen LogP contribution in [0.2, 0.25) is 0 Å². The third-order valence-electron chi connectivity index (χ3n) is 1.54. The second-order valence-electron chi connectivity index (χ2n) is 2.50. The zero-order valence-corrected chi connectivity index (χ0v) is 7.78. The Kier molecular flexibility index (Phi) is 3.57. The van der Waals surface area contributed by atoms with Crippen LogP contribution in [0.25, 0.3) is 0 Å². The van der Waals surface area contributed by atoms with Gasteiger partial charge in [0.05, 0.1) is 6.61 Å². The molecule has 0 bridgehead atoms. The van der Waals surface area contributed by atoms with Crippen LogP contribution in [-0.2, 0) is 4.79 Å². The van der Waals surface area contributed by atoms with Crippen molar-refractivity contribution in [1.29, 1.82) is 0 Å². The summed E-state index contributed by atoms with van der Waals surface area (Å²) in [6.07, 6.45) is 0.521. The third kappa shape index (κ3) is 2.53. The van der Waals surface area contributed by atoms with Gasteiger partial charge in [-0.05, 0) is 31.0 Å². The van der Waals surface area contributed by atoms with Gasteiger partial charge in [-0.2, -0.15) is 0 Å². The molecule has 0 saturated carbocycles. The molecule has 0 fully saturated rings. The minimum atomic E-state index is 0.0727. The lowest BCUT2D eigenvalue weighted by atomic mass is 10.2. The van der Waals surface area contributed by atoms with E-state index < -0.39 is 0 Å².